The molecule has 2 N–H and O–H groups in total. The maximum atomic E-state index is 12.8. The number of benzene rings is 3. The molecule has 0 aliphatic heterocycles. The largest absolute Gasteiger partial charge is 0.480 e. The summed E-state index contributed by atoms with van der Waals surface area (Å²) in [7, 11) is 0. The summed E-state index contributed by atoms with van der Waals surface area (Å²) < 4.78 is -0.632. The molecule has 0 saturated carbocycles. The molecule has 3 aromatic carbocycles. The van der Waals surface area contributed by atoms with Crippen LogP contribution in [0, 0.1) is 0 Å². The monoisotopic (exact) mass is 419 g/mol. The Morgan fingerprint density at radius 2 is 1.13 bits per heavy atom. The highest BCUT2D eigenvalue weighted by Gasteiger charge is 2.40. The molecule has 1 amide bonds. The fourth-order valence-electron chi connectivity index (χ4n) is 3.43. The lowest BCUT2D eigenvalue weighted by Crippen LogP contribution is -2.43. The SMILES string of the molecule is CC(SC(c1ccccc1)(c1ccccc1)c1ccccc1)C(=O)N[C@@H](C)C(=O)O. The second-order valence-electron chi connectivity index (χ2n) is 7.11. The molecular weight excluding hydrogens is 394 g/mol. The number of thioether (sulfide) groups is 1. The lowest BCUT2D eigenvalue weighted by molar-refractivity contribution is -0.141. The van der Waals surface area contributed by atoms with Crippen LogP contribution in [0.1, 0.15) is 30.5 Å². The molecule has 5 heteroatoms. The lowest BCUT2D eigenvalue weighted by atomic mass is 9.84. The van der Waals surface area contributed by atoms with E-state index >= 15 is 0 Å². The second-order valence-corrected chi connectivity index (χ2v) is 8.66. The van der Waals surface area contributed by atoms with Crippen molar-refractivity contribution in [1.29, 1.82) is 0 Å². The van der Waals surface area contributed by atoms with E-state index in [1.807, 2.05) is 61.5 Å². The highest BCUT2D eigenvalue weighted by atomic mass is 32.2. The molecule has 0 bridgehead atoms. The number of hydrogen-bond acceptors (Lipinski definition) is 3. The topological polar surface area (TPSA) is 66.4 Å². The summed E-state index contributed by atoms with van der Waals surface area (Å²) in [5.41, 5.74) is 3.16. The van der Waals surface area contributed by atoms with E-state index in [0.29, 0.717) is 0 Å². The van der Waals surface area contributed by atoms with Gasteiger partial charge in [0.25, 0.3) is 0 Å². The zero-order chi connectivity index (χ0) is 21.6. The van der Waals surface area contributed by atoms with Crippen LogP contribution in [-0.2, 0) is 14.3 Å². The predicted octanol–water partition coefficient (Wildman–Crippen LogP) is 4.69. The van der Waals surface area contributed by atoms with E-state index in [1.54, 1.807) is 0 Å². The molecule has 3 rings (SSSR count). The smallest absolute Gasteiger partial charge is 0.325 e. The fraction of sp³-hybridized carbons (Fsp3) is 0.200. The Labute approximate surface area is 181 Å². The van der Waals surface area contributed by atoms with Crippen molar-refractivity contribution in [3.63, 3.8) is 0 Å². The zero-order valence-corrected chi connectivity index (χ0v) is 17.8. The molecule has 3 aromatic rings. The number of carbonyl (C=O) groups is 2. The molecule has 0 aliphatic carbocycles. The first-order chi connectivity index (χ1) is 14.4. The molecule has 2 atom stereocenters. The van der Waals surface area contributed by atoms with E-state index < -0.39 is 22.0 Å². The van der Waals surface area contributed by atoms with Crippen molar-refractivity contribution in [3.8, 4) is 0 Å². The molecule has 30 heavy (non-hydrogen) atoms. The van der Waals surface area contributed by atoms with E-state index in [2.05, 4.69) is 41.7 Å². The molecule has 4 nitrogen and oxygen atoms in total. The molecule has 0 aromatic heterocycles. The van der Waals surface area contributed by atoms with Crippen molar-refractivity contribution < 1.29 is 14.7 Å². The Bertz CT molecular complexity index is 880. The summed E-state index contributed by atoms with van der Waals surface area (Å²) in [5, 5.41) is 11.3. The molecule has 0 saturated heterocycles. The van der Waals surface area contributed by atoms with Gasteiger partial charge in [-0.3, -0.25) is 9.59 Å². The molecule has 0 aliphatic rings. The predicted molar refractivity (Wildman–Crippen MR) is 122 cm³/mol. The maximum Gasteiger partial charge on any atom is 0.325 e. The fourth-order valence-corrected chi connectivity index (χ4v) is 4.96. The Morgan fingerprint density at radius 3 is 1.47 bits per heavy atom. The van der Waals surface area contributed by atoms with Crippen LogP contribution in [0.15, 0.2) is 91.0 Å². The molecule has 0 heterocycles. The molecule has 0 fully saturated rings. The van der Waals surface area contributed by atoms with Crippen LogP contribution in [0.4, 0.5) is 0 Å². The number of nitrogens with one attached hydrogen (secondary N) is 1. The standard InChI is InChI=1S/C25H25NO3S/c1-18(24(28)29)26-23(27)19(2)30-25(20-12-6-3-7-13-20,21-14-8-4-9-15-21)22-16-10-5-11-17-22/h3-19H,1-2H3,(H,26,27)(H,28,29)/t18-,19?/m0/s1. The molecule has 1 unspecified atom stereocenters. The van der Waals surface area contributed by atoms with Gasteiger partial charge >= 0.3 is 5.97 Å². The van der Waals surface area contributed by atoms with Gasteiger partial charge in [-0.15, -0.1) is 11.8 Å². The highest BCUT2D eigenvalue weighted by Crippen LogP contribution is 2.50. The van der Waals surface area contributed by atoms with Gasteiger partial charge in [0.05, 0.1) is 10.00 Å². The number of carboxylic acid groups (broad SMARTS) is 1. The first-order valence-corrected chi connectivity index (χ1v) is 10.7. The van der Waals surface area contributed by atoms with Crippen LogP contribution in [0.3, 0.4) is 0 Å². The minimum absolute atomic E-state index is 0.304. The number of amides is 1. The number of carbonyl (C=O) groups excluding carboxylic acids is 1. The average Bonchev–Trinajstić information content (AvgIpc) is 2.79. The third-order valence-electron chi connectivity index (χ3n) is 4.99. The van der Waals surface area contributed by atoms with Crippen molar-refractivity contribution in [3.05, 3.63) is 108 Å². The Kier molecular flexibility index (Phi) is 6.95. The van der Waals surface area contributed by atoms with Crippen LogP contribution >= 0.6 is 11.8 Å². The van der Waals surface area contributed by atoms with Gasteiger partial charge < -0.3 is 10.4 Å². The molecule has 154 valence electrons. The van der Waals surface area contributed by atoms with Gasteiger partial charge in [-0.1, -0.05) is 91.0 Å². The minimum Gasteiger partial charge on any atom is -0.480 e. The number of carboxylic acids is 1. The van der Waals surface area contributed by atoms with Crippen molar-refractivity contribution >= 4 is 23.6 Å². The van der Waals surface area contributed by atoms with Gasteiger partial charge in [0.1, 0.15) is 6.04 Å². The van der Waals surface area contributed by atoms with E-state index in [0.717, 1.165) is 16.7 Å². The number of rotatable bonds is 8. The van der Waals surface area contributed by atoms with E-state index in [4.69, 9.17) is 5.11 Å². The normalized spacial score (nSPS) is 13.3. The van der Waals surface area contributed by atoms with Gasteiger partial charge in [0, 0.05) is 0 Å². The number of hydrogen-bond donors (Lipinski definition) is 2. The molecular formula is C25H25NO3S. The molecule has 0 spiro atoms. The summed E-state index contributed by atoms with van der Waals surface area (Å²) in [6, 6.07) is 29.3. The van der Waals surface area contributed by atoms with Gasteiger partial charge in [0.15, 0.2) is 0 Å². The molecule has 0 radical (unpaired) electrons. The van der Waals surface area contributed by atoms with E-state index in [1.165, 1.54) is 18.7 Å². The van der Waals surface area contributed by atoms with Crippen molar-refractivity contribution in [2.75, 3.05) is 0 Å². The van der Waals surface area contributed by atoms with Crippen molar-refractivity contribution in [1.82, 2.24) is 5.32 Å². The van der Waals surface area contributed by atoms with Gasteiger partial charge in [-0.2, -0.15) is 0 Å². The Balaban J connectivity index is 2.12. The van der Waals surface area contributed by atoms with Gasteiger partial charge in [-0.05, 0) is 30.5 Å². The minimum atomic E-state index is -1.05. The summed E-state index contributed by atoms with van der Waals surface area (Å²) in [5.74, 6) is -1.36. The summed E-state index contributed by atoms with van der Waals surface area (Å²) in [6.45, 7) is 3.29. The van der Waals surface area contributed by atoms with Crippen LogP contribution in [0.5, 0.6) is 0 Å². The van der Waals surface area contributed by atoms with E-state index in [9.17, 15) is 9.59 Å². The van der Waals surface area contributed by atoms with Crippen LogP contribution in [0.25, 0.3) is 0 Å². The Morgan fingerprint density at radius 1 is 0.767 bits per heavy atom. The lowest BCUT2D eigenvalue weighted by Gasteiger charge is -2.37. The van der Waals surface area contributed by atoms with Crippen molar-refractivity contribution in [2.24, 2.45) is 0 Å². The summed E-state index contributed by atoms with van der Waals surface area (Å²) >= 11 is 1.51. The Hall–Kier alpha value is -3.05. The van der Waals surface area contributed by atoms with Gasteiger partial charge in [-0.25, -0.2) is 0 Å². The van der Waals surface area contributed by atoms with Crippen LogP contribution < -0.4 is 5.32 Å². The number of aliphatic carboxylic acids is 1. The average molecular weight is 420 g/mol. The second kappa shape index (κ2) is 9.63. The third kappa shape index (κ3) is 4.57. The summed E-state index contributed by atoms with van der Waals surface area (Å²) in [4.78, 5) is 24.0. The van der Waals surface area contributed by atoms with Gasteiger partial charge in [0.2, 0.25) is 5.91 Å². The first-order valence-electron chi connectivity index (χ1n) is 9.82. The van der Waals surface area contributed by atoms with E-state index in [-0.39, 0.29) is 5.91 Å². The summed E-state index contributed by atoms with van der Waals surface area (Å²) in [6.07, 6.45) is 0. The van der Waals surface area contributed by atoms with Crippen LogP contribution in [-0.4, -0.2) is 28.3 Å². The maximum absolute atomic E-state index is 12.8. The third-order valence-corrected chi connectivity index (χ3v) is 6.62. The quantitative estimate of drug-likeness (QED) is 0.520. The van der Waals surface area contributed by atoms with Crippen LogP contribution in [0.2, 0.25) is 0 Å². The highest BCUT2D eigenvalue weighted by molar-refractivity contribution is 8.01. The van der Waals surface area contributed by atoms with Crippen molar-refractivity contribution in [2.45, 2.75) is 29.9 Å². The zero-order valence-electron chi connectivity index (χ0n) is 17.0. The first kappa shape index (κ1) is 21.7.